The van der Waals surface area contributed by atoms with Crippen molar-refractivity contribution in [2.45, 2.75) is 50.6 Å². The number of rotatable bonds is 5. The van der Waals surface area contributed by atoms with E-state index >= 15 is 0 Å². The summed E-state index contributed by atoms with van der Waals surface area (Å²) in [5, 5.41) is 19.6. The van der Waals surface area contributed by atoms with Gasteiger partial charge in [0.15, 0.2) is 11.5 Å². The molecule has 1 amide bonds. The highest BCUT2D eigenvalue weighted by atomic mass is 16.5. The Morgan fingerprint density at radius 3 is 2.35 bits per heavy atom. The first-order chi connectivity index (χ1) is 12.5. The lowest BCUT2D eigenvalue weighted by atomic mass is 9.84. The first-order valence-electron chi connectivity index (χ1n) is 8.94. The summed E-state index contributed by atoms with van der Waals surface area (Å²) >= 11 is 0. The molecule has 7 heteroatoms. The average molecular weight is 363 g/mol. The third-order valence-corrected chi connectivity index (χ3v) is 5.56. The number of carboxylic acid groups (broad SMARTS) is 1. The first kappa shape index (κ1) is 18.4. The van der Waals surface area contributed by atoms with E-state index in [9.17, 15) is 19.8 Å². The van der Waals surface area contributed by atoms with Crippen LogP contribution >= 0.6 is 0 Å². The van der Waals surface area contributed by atoms with E-state index in [1.165, 1.54) is 14.2 Å². The fourth-order valence-corrected chi connectivity index (χ4v) is 4.36. The minimum absolute atomic E-state index is 0.0123. The molecule has 3 atom stereocenters. The zero-order chi connectivity index (χ0) is 18.8. The van der Waals surface area contributed by atoms with Gasteiger partial charge in [0.2, 0.25) is 11.7 Å². The van der Waals surface area contributed by atoms with Crippen molar-refractivity contribution in [2.75, 3.05) is 14.2 Å². The van der Waals surface area contributed by atoms with Crippen molar-refractivity contribution in [3.8, 4) is 17.2 Å². The van der Waals surface area contributed by atoms with Crippen LogP contribution in [0.5, 0.6) is 17.2 Å². The van der Waals surface area contributed by atoms with Gasteiger partial charge >= 0.3 is 5.97 Å². The van der Waals surface area contributed by atoms with Crippen molar-refractivity contribution < 1.29 is 29.3 Å². The molecule has 0 aromatic heterocycles. The summed E-state index contributed by atoms with van der Waals surface area (Å²) in [6, 6.07) is 2.43. The number of methoxy groups -OCH3 is 2. The van der Waals surface area contributed by atoms with Gasteiger partial charge in [0.05, 0.1) is 20.6 Å². The number of nitrogens with zero attached hydrogens (tertiary/aromatic N) is 1. The number of hydrogen-bond donors (Lipinski definition) is 2. The number of phenols is 1. The second-order valence-corrected chi connectivity index (χ2v) is 7.03. The van der Waals surface area contributed by atoms with Crippen LogP contribution < -0.4 is 9.47 Å². The van der Waals surface area contributed by atoms with Crippen LogP contribution in [0.2, 0.25) is 0 Å². The third kappa shape index (κ3) is 3.30. The number of hydrogen-bond acceptors (Lipinski definition) is 5. The van der Waals surface area contributed by atoms with Gasteiger partial charge in [0, 0.05) is 6.04 Å². The Kier molecular flexibility index (Phi) is 5.25. The van der Waals surface area contributed by atoms with Crippen molar-refractivity contribution in [1.82, 2.24) is 4.90 Å². The molecule has 7 nitrogen and oxygen atoms in total. The lowest BCUT2D eigenvalue weighted by Gasteiger charge is -2.33. The number of carbonyl (C=O) groups excluding carboxylic acids is 1. The van der Waals surface area contributed by atoms with Crippen LogP contribution in [0.3, 0.4) is 0 Å². The van der Waals surface area contributed by atoms with E-state index in [1.54, 1.807) is 17.0 Å². The first-order valence-corrected chi connectivity index (χ1v) is 8.94. The lowest BCUT2D eigenvalue weighted by Crippen LogP contribution is -2.46. The fraction of sp³-hybridized carbons (Fsp3) is 0.579. The van der Waals surface area contributed by atoms with Crippen molar-refractivity contribution in [1.29, 1.82) is 0 Å². The smallest absolute Gasteiger partial charge is 0.326 e. The number of carboxylic acids is 1. The molecule has 1 aromatic carbocycles. The van der Waals surface area contributed by atoms with Crippen LogP contribution in [0, 0.1) is 5.92 Å². The zero-order valence-corrected chi connectivity index (χ0v) is 15.1. The highest BCUT2D eigenvalue weighted by molar-refractivity contribution is 5.86. The summed E-state index contributed by atoms with van der Waals surface area (Å²) in [6.07, 6.45) is 4.55. The summed E-state index contributed by atoms with van der Waals surface area (Å²) in [4.78, 5) is 26.3. The Labute approximate surface area is 152 Å². The minimum atomic E-state index is -0.936. The standard InChI is InChI=1S/C19H25NO6/c1-25-15-7-11(8-16(26-2)18(15)22)9-17(21)20-13-6-4-3-5-12(13)10-14(20)19(23)24/h7-8,12-14,22H,3-6,9-10H2,1-2H3,(H,23,24). The van der Waals surface area contributed by atoms with Gasteiger partial charge in [-0.25, -0.2) is 4.79 Å². The van der Waals surface area contributed by atoms with Crippen molar-refractivity contribution >= 4 is 11.9 Å². The fourth-order valence-electron chi connectivity index (χ4n) is 4.36. The number of amides is 1. The summed E-state index contributed by atoms with van der Waals surface area (Å²) in [7, 11) is 2.85. The van der Waals surface area contributed by atoms with E-state index in [4.69, 9.17) is 9.47 Å². The lowest BCUT2D eigenvalue weighted by molar-refractivity contribution is -0.149. The molecule has 1 saturated carbocycles. The predicted molar refractivity (Wildman–Crippen MR) is 93.5 cm³/mol. The van der Waals surface area contributed by atoms with Gasteiger partial charge in [0.25, 0.3) is 0 Å². The molecule has 3 unspecified atom stereocenters. The number of benzene rings is 1. The molecule has 2 fully saturated rings. The summed E-state index contributed by atoms with van der Waals surface area (Å²) in [5.41, 5.74) is 0.616. The Morgan fingerprint density at radius 2 is 1.77 bits per heavy atom. The third-order valence-electron chi connectivity index (χ3n) is 5.56. The molecule has 26 heavy (non-hydrogen) atoms. The molecule has 1 aromatic rings. The van der Waals surface area contributed by atoms with Crippen LogP contribution in [-0.4, -0.2) is 53.3 Å². The Hall–Kier alpha value is -2.44. The number of carbonyl (C=O) groups is 2. The van der Waals surface area contributed by atoms with E-state index in [0.717, 1.165) is 25.7 Å². The number of likely N-dealkylation sites (tertiary alicyclic amines) is 1. The van der Waals surface area contributed by atoms with Crippen LogP contribution in [0.15, 0.2) is 12.1 Å². The molecule has 1 saturated heterocycles. The molecule has 2 aliphatic rings. The van der Waals surface area contributed by atoms with E-state index < -0.39 is 12.0 Å². The molecule has 1 aliphatic heterocycles. The number of ether oxygens (including phenoxy) is 2. The average Bonchev–Trinajstić information content (AvgIpc) is 3.03. The maximum Gasteiger partial charge on any atom is 0.326 e. The summed E-state index contributed by atoms with van der Waals surface area (Å²) in [6.45, 7) is 0. The van der Waals surface area contributed by atoms with Crippen molar-refractivity contribution in [2.24, 2.45) is 5.92 Å². The zero-order valence-electron chi connectivity index (χ0n) is 15.1. The van der Waals surface area contributed by atoms with E-state index in [1.807, 2.05) is 0 Å². The van der Waals surface area contributed by atoms with E-state index in [0.29, 0.717) is 12.0 Å². The SMILES string of the molecule is COc1cc(CC(=O)N2C(C(=O)O)CC3CCCCC32)cc(OC)c1O. The molecule has 0 radical (unpaired) electrons. The number of aliphatic carboxylic acids is 1. The summed E-state index contributed by atoms with van der Waals surface area (Å²) < 4.78 is 10.3. The molecule has 142 valence electrons. The second kappa shape index (κ2) is 7.43. The van der Waals surface area contributed by atoms with Crippen molar-refractivity contribution in [3.05, 3.63) is 17.7 Å². The molecule has 3 rings (SSSR count). The minimum Gasteiger partial charge on any atom is -0.502 e. The Bertz CT molecular complexity index is 678. The molecule has 1 aliphatic carbocycles. The number of phenolic OH excluding ortho intramolecular Hbond substituents is 1. The Balaban J connectivity index is 1.85. The molecule has 2 N–H and O–H groups in total. The van der Waals surface area contributed by atoms with E-state index in [-0.39, 0.29) is 41.5 Å². The highest BCUT2D eigenvalue weighted by Crippen LogP contribution is 2.41. The number of fused-ring (bicyclic) bond motifs is 1. The predicted octanol–water partition coefficient (Wildman–Crippen LogP) is 2.20. The maximum absolute atomic E-state index is 13.0. The summed E-state index contributed by atoms with van der Waals surface area (Å²) in [5.74, 6) is -0.547. The molecule has 0 spiro atoms. The van der Waals surface area contributed by atoms with Crippen LogP contribution in [0.1, 0.15) is 37.7 Å². The topological polar surface area (TPSA) is 96.3 Å². The van der Waals surface area contributed by atoms with Gasteiger partial charge in [0.1, 0.15) is 6.04 Å². The van der Waals surface area contributed by atoms with E-state index in [2.05, 4.69) is 0 Å². The van der Waals surface area contributed by atoms with Crippen molar-refractivity contribution in [3.63, 3.8) is 0 Å². The van der Waals surface area contributed by atoms with Gasteiger partial charge in [-0.05, 0) is 42.9 Å². The van der Waals surface area contributed by atoms with Crippen LogP contribution in [0.25, 0.3) is 0 Å². The highest BCUT2D eigenvalue weighted by Gasteiger charge is 2.47. The van der Waals surface area contributed by atoms with Gasteiger partial charge in [-0.1, -0.05) is 12.8 Å². The maximum atomic E-state index is 13.0. The largest absolute Gasteiger partial charge is 0.502 e. The molecular formula is C19H25NO6. The molecule has 0 bridgehead atoms. The second-order valence-electron chi connectivity index (χ2n) is 7.03. The van der Waals surface area contributed by atoms with Crippen LogP contribution in [0.4, 0.5) is 0 Å². The van der Waals surface area contributed by atoms with Crippen LogP contribution in [-0.2, 0) is 16.0 Å². The normalized spacial score (nSPS) is 24.8. The van der Waals surface area contributed by atoms with Gasteiger partial charge in [-0.2, -0.15) is 0 Å². The van der Waals surface area contributed by atoms with Gasteiger partial charge < -0.3 is 24.6 Å². The Morgan fingerprint density at radius 1 is 1.15 bits per heavy atom. The molecular weight excluding hydrogens is 338 g/mol. The van der Waals surface area contributed by atoms with Gasteiger partial charge in [-0.3, -0.25) is 4.79 Å². The monoisotopic (exact) mass is 363 g/mol. The molecule has 1 heterocycles. The quantitative estimate of drug-likeness (QED) is 0.832. The number of aromatic hydroxyl groups is 1. The van der Waals surface area contributed by atoms with Gasteiger partial charge in [-0.15, -0.1) is 0 Å².